The zero-order chi connectivity index (χ0) is 37.5. The van der Waals surface area contributed by atoms with Crippen molar-refractivity contribution in [2.75, 3.05) is 38.3 Å². The summed E-state index contributed by atoms with van der Waals surface area (Å²) in [5.41, 5.74) is 7.00. The zero-order valence-corrected chi connectivity index (χ0v) is 30.4. The third-order valence-electron chi connectivity index (χ3n) is 10.2. The Morgan fingerprint density at radius 3 is 2.41 bits per heavy atom. The van der Waals surface area contributed by atoms with Gasteiger partial charge < -0.3 is 29.9 Å². The van der Waals surface area contributed by atoms with Crippen molar-refractivity contribution in [1.29, 1.82) is 0 Å². The number of benzene rings is 3. The van der Waals surface area contributed by atoms with Gasteiger partial charge in [0.1, 0.15) is 17.0 Å². The Kier molecular flexibility index (Phi) is 11.0. The fourth-order valence-corrected chi connectivity index (χ4v) is 7.01. The van der Waals surface area contributed by atoms with Gasteiger partial charge in [-0.3, -0.25) is 29.2 Å². The molecule has 54 heavy (non-hydrogen) atoms. The van der Waals surface area contributed by atoms with Gasteiger partial charge in [-0.05, 0) is 74.2 Å². The number of nitrogens with zero attached hydrogens (tertiary/aromatic N) is 3. The maximum atomic E-state index is 15.9. The highest BCUT2D eigenvalue weighted by Crippen LogP contribution is 2.53. The molecule has 2 amide bonds. The van der Waals surface area contributed by atoms with Crippen molar-refractivity contribution in [2.24, 2.45) is 16.6 Å². The molecule has 0 bridgehead atoms. The Balaban J connectivity index is 0.00000497. The number of primary amides is 1. The molecule has 2 aliphatic carbocycles. The van der Waals surface area contributed by atoms with Gasteiger partial charge in [0, 0.05) is 61.4 Å². The predicted octanol–water partition coefficient (Wildman–Crippen LogP) is 4.94. The number of amides is 2. The number of carbonyl (C=O) groups is 3. The van der Waals surface area contributed by atoms with Crippen molar-refractivity contribution in [3.8, 4) is 23.0 Å². The largest absolute Gasteiger partial charge is 0.493 e. The minimum absolute atomic E-state index is 0. The maximum absolute atomic E-state index is 15.9. The number of rotatable bonds is 14. The van der Waals surface area contributed by atoms with E-state index in [0.717, 1.165) is 62.4 Å². The topological polar surface area (TPSA) is 166 Å². The Morgan fingerprint density at radius 2 is 1.76 bits per heavy atom. The lowest BCUT2D eigenvalue weighted by Crippen LogP contribution is -2.46. The van der Waals surface area contributed by atoms with Crippen LogP contribution in [0.3, 0.4) is 0 Å². The van der Waals surface area contributed by atoms with Crippen LogP contribution in [0.15, 0.2) is 66.9 Å². The Hall–Kier alpha value is -5.09. The van der Waals surface area contributed by atoms with Crippen LogP contribution in [-0.4, -0.2) is 78.3 Å². The number of halogens is 3. The van der Waals surface area contributed by atoms with Crippen molar-refractivity contribution in [2.45, 2.75) is 44.8 Å². The fourth-order valence-electron chi connectivity index (χ4n) is 7.01. The molecule has 1 saturated heterocycles. The van der Waals surface area contributed by atoms with Gasteiger partial charge in [-0.25, -0.2) is 8.78 Å². The van der Waals surface area contributed by atoms with Crippen molar-refractivity contribution in [1.82, 2.24) is 15.4 Å². The molecule has 1 aromatic heterocycles. The Labute approximate surface area is 315 Å². The molecule has 0 radical (unpaired) electrons. The molecule has 2 heterocycles. The van der Waals surface area contributed by atoms with E-state index < -0.39 is 40.9 Å². The number of likely N-dealkylation sites (tertiary alicyclic amines) is 1. The van der Waals surface area contributed by atoms with E-state index in [1.54, 1.807) is 18.2 Å². The first kappa shape index (κ1) is 38.6. The summed E-state index contributed by atoms with van der Waals surface area (Å²) in [6.07, 6.45) is 4.10. The van der Waals surface area contributed by atoms with Gasteiger partial charge in [0.2, 0.25) is 11.8 Å². The highest BCUT2D eigenvalue weighted by Gasteiger charge is 2.67. The number of hydrogen-bond acceptors (Lipinski definition) is 11. The Morgan fingerprint density at radius 1 is 1.02 bits per heavy atom. The minimum Gasteiger partial charge on any atom is -0.493 e. The van der Waals surface area contributed by atoms with E-state index in [4.69, 9.17) is 24.8 Å². The number of fused-ring (bicyclic) bond motifs is 1. The average molecular weight is 768 g/mol. The van der Waals surface area contributed by atoms with Gasteiger partial charge in [-0.1, -0.05) is 0 Å². The van der Waals surface area contributed by atoms with Crippen molar-refractivity contribution < 1.29 is 47.3 Å². The molecule has 1 spiro atoms. The molecule has 16 heteroatoms. The number of pyridine rings is 1. The highest BCUT2D eigenvalue weighted by molar-refractivity contribution is 6.17. The first-order valence-corrected chi connectivity index (χ1v) is 17.2. The molecule has 4 N–H and O–H groups in total. The number of nitrogens with one attached hydrogen (secondary N) is 1. The number of hydroxylamine groups is 1. The van der Waals surface area contributed by atoms with E-state index in [2.05, 4.69) is 15.4 Å². The molecule has 3 fully saturated rings. The number of nitrogens with two attached hydrogens (primary N) is 1. The van der Waals surface area contributed by atoms with Crippen LogP contribution >= 0.6 is 12.4 Å². The lowest BCUT2D eigenvalue weighted by atomic mass is 10.0. The van der Waals surface area contributed by atoms with Gasteiger partial charge in [0.15, 0.2) is 23.1 Å². The molecule has 286 valence electrons. The van der Waals surface area contributed by atoms with E-state index in [9.17, 15) is 23.9 Å². The second kappa shape index (κ2) is 15.3. The van der Waals surface area contributed by atoms with Crippen LogP contribution in [0.2, 0.25) is 0 Å². The first-order chi connectivity index (χ1) is 25.4. The number of methoxy groups -OCH3 is 1. The second-order valence-corrected chi connectivity index (χ2v) is 13.8. The van der Waals surface area contributed by atoms with Crippen LogP contribution in [0.25, 0.3) is 10.9 Å². The molecule has 3 aromatic carbocycles. The van der Waals surface area contributed by atoms with Crippen molar-refractivity contribution in [3.05, 3.63) is 78.5 Å². The third-order valence-corrected chi connectivity index (χ3v) is 10.2. The van der Waals surface area contributed by atoms with Crippen LogP contribution < -0.4 is 30.3 Å². The van der Waals surface area contributed by atoms with Crippen LogP contribution in [0.5, 0.6) is 23.0 Å². The van der Waals surface area contributed by atoms with E-state index in [1.807, 2.05) is 0 Å². The number of β-amino-alcohol motifs (C(OH)–C–C–N with tert-alkyl or cyclic N) is 1. The number of aliphatic hydroxyl groups excluding tert-OH is 1. The standard InChI is InChI=1S/C38H39F2N5O8.ClH/c1-22(46)53-43-33-19-38(33,35(41)48)36(49)45(24-6-4-23(39)5-7-24)25-8-9-30(27(40)16-25)52-29-10-13-42-28-18-32(31(50-2)17-26(28)29)51-15-3-14-44-20-34(47)37(21-44)11-12-37;/h4-10,13,16-18,33-34,43,47H,3,11-12,14-15,19-21H2,1-2H3,(H2,41,48);1H. The molecule has 3 unspecified atom stereocenters. The van der Waals surface area contributed by atoms with E-state index in [1.165, 1.54) is 37.6 Å². The van der Waals surface area contributed by atoms with E-state index in [0.29, 0.717) is 35.6 Å². The predicted molar refractivity (Wildman–Crippen MR) is 195 cm³/mol. The SMILES string of the molecule is COc1cc2c(Oc3ccc(N(C(=O)C4(C(N)=O)CC4NOC(C)=O)c4ccc(F)cc4)cc3F)ccnc2cc1OCCCN1CC(O)C2(CC2)C1.Cl. The van der Waals surface area contributed by atoms with E-state index >= 15 is 4.39 Å². The number of hydrogen-bond donors (Lipinski definition) is 3. The van der Waals surface area contributed by atoms with E-state index in [-0.39, 0.29) is 53.2 Å². The highest BCUT2D eigenvalue weighted by atomic mass is 35.5. The number of aliphatic hydroxyl groups is 1. The normalized spacial score (nSPS) is 20.9. The van der Waals surface area contributed by atoms with Gasteiger partial charge in [-0.15, -0.1) is 17.9 Å². The quantitative estimate of drug-likeness (QED) is 0.0905. The molecule has 2 saturated carbocycles. The molecule has 3 atom stereocenters. The number of carbonyl (C=O) groups excluding carboxylic acids is 3. The molecular formula is C38H40ClF2N5O8. The van der Waals surface area contributed by atoms with Gasteiger partial charge in [-0.2, -0.15) is 0 Å². The summed E-state index contributed by atoms with van der Waals surface area (Å²) >= 11 is 0. The summed E-state index contributed by atoms with van der Waals surface area (Å²) in [6, 6.07) is 12.7. The summed E-state index contributed by atoms with van der Waals surface area (Å²) < 4.78 is 47.5. The fraction of sp³-hybridized carbons (Fsp3) is 0.368. The lowest BCUT2D eigenvalue weighted by Gasteiger charge is -2.27. The van der Waals surface area contributed by atoms with Gasteiger partial charge in [0.25, 0.3) is 0 Å². The van der Waals surface area contributed by atoms with Crippen molar-refractivity contribution >= 4 is 52.5 Å². The van der Waals surface area contributed by atoms with Crippen LogP contribution in [0, 0.1) is 22.5 Å². The zero-order valence-electron chi connectivity index (χ0n) is 29.6. The minimum atomic E-state index is -1.83. The van der Waals surface area contributed by atoms with Gasteiger partial charge >= 0.3 is 5.97 Å². The van der Waals surface area contributed by atoms with Crippen molar-refractivity contribution in [3.63, 3.8) is 0 Å². The summed E-state index contributed by atoms with van der Waals surface area (Å²) in [5.74, 6) is -2.94. The van der Waals surface area contributed by atoms with Crippen LogP contribution in [-0.2, 0) is 19.2 Å². The van der Waals surface area contributed by atoms with Crippen LogP contribution in [0.1, 0.15) is 32.6 Å². The average Bonchev–Trinajstić information content (AvgIpc) is 4.05. The molecule has 1 aliphatic heterocycles. The Bertz CT molecular complexity index is 2070. The summed E-state index contributed by atoms with van der Waals surface area (Å²) in [4.78, 5) is 50.7. The summed E-state index contributed by atoms with van der Waals surface area (Å²) in [5, 5.41) is 10.9. The molecular weight excluding hydrogens is 728 g/mol. The maximum Gasteiger partial charge on any atom is 0.321 e. The number of anilines is 2. The summed E-state index contributed by atoms with van der Waals surface area (Å²) in [7, 11) is 1.51. The van der Waals surface area contributed by atoms with Crippen LogP contribution in [0.4, 0.5) is 20.2 Å². The van der Waals surface area contributed by atoms with Gasteiger partial charge in [0.05, 0.1) is 37.1 Å². The third kappa shape index (κ3) is 7.49. The molecule has 3 aliphatic rings. The monoisotopic (exact) mass is 767 g/mol. The molecule has 7 rings (SSSR count). The number of ether oxygens (including phenoxy) is 3. The lowest BCUT2D eigenvalue weighted by molar-refractivity contribution is -0.150. The number of aromatic nitrogens is 1. The summed E-state index contributed by atoms with van der Waals surface area (Å²) in [6.45, 7) is 3.99. The molecule has 4 aromatic rings. The smallest absolute Gasteiger partial charge is 0.321 e. The first-order valence-electron chi connectivity index (χ1n) is 17.2. The second-order valence-electron chi connectivity index (χ2n) is 13.8. The molecule has 13 nitrogen and oxygen atoms in total.